The Labute approximate surface area is 126 Å². The maximum atomic E-state index is 11.5. The number of rotatable bonds is 5. The average molecular weight is 281 g/mol. The fourth-order valence-electron chi connectivity index (χ4n) is 2.45. The Bertz CT molecular complexity index is 712. The van der Waals surface area contributed by atoms with Gasteiger partial charge >= 0.3 is 0 Å². The number of H-pyrrole nitrogens is 1. The number of benzene rings is 1. The van der Waals surface area contributed by atoms with Crippen molar-refractivity contribution in [1.82, 2.24) is 4.98 Å². The molecule has 0 spiro atoms. The number of nitrogens with one attached hydrogen (secondary N) is 1. The summed E-state index contributed by atoms with van der Waals surface area (Å²) in [5.74, 6) is 0. The molecule has 0 aliphatic heterocycles. The maximum Gasteiger partial charge on any atom is 0.152 e. The van der Waals surface area contributed by atoms with E-state index in [0.717, 1.165) is 34.9 Å². The third-order valence-corrected chi connectivity index (χ3v) is 3.92. The first kappa shape index (κ1) is 15.3. The van der Waals surface area contributed by atoms with Crippen LogP contribution in [0.3, 0.4) is 0 Å². The third kappa shape index (κ3) is 2.99. The molecule has 1 aromatic carbocycles. The Morgan fingerprint density at radius 2 is 2.05 bits per heavy atom. The summed E-state index contributed by atoms with van der Waals surface area (Å²) in [7, 11) is 0. The molecule has 0 unspecified atom stereocenters. The van der Waals surface area contributed by atoms with Gasteiger partial charge in [0.1, 0.15) is 0 Å². The molecule has 0 aliphatic rings. The van der Waals surface area contributed by atoms with Gasteiger partial charge in [0, 0.05) is 27.6 Å². The number of allylic oxidation sites excluding steroid dienone is 3. The molecule has 110 valence electrons. The minimum Gasteiger partial charge on any atom is -0.357 e. The normalized spacial score (nSPS) is 11.4. The molecule has 0 saturated heterocycles. The Morgan fingerprint density at radius 3 is 2.62 bits per heavy atom. The standard InChI is InChI=1S/C19H23NO/c1-6-19(4,5)18-16(12-21)15-10-9-14(8-7-13(2)3)11-17(15)20-18/h6-7,9-12,20H,1,8H2,2-5H3. The van der Waals surface area contributed by atoms with Crippen molar-refractivity contribution in [2.75, 3.05) is 0 Å². The van der Waals surface area contributed by atoms with Crippen molar-refractivity contribution in [3.63, 3.8) is 0 Å². The zero-order chi connectivity index (χ0) is 15.6. The highest BCUT2D eigenvalue weighted by Crippen LogP contribution is 2.31. The number of hydrogen-bond donors (Lipinski definition) is 1. The number of aromatic nitrogens is 1. The van der Waals surface area contributed by atoms with E-state index in [0.29, 0.717) is 0 Å². The molecule has 21 heavy (non-hydrogen) atoms. The van der Waals surface area contributed by atoms with Crippen molar-refractivity contribution < 1.29 is 4.79 Å². The first-order chi connectivity index (χ1) is 9.89. The van der Waals surface area contributed by atoms with E-state index in [1.165, 1.54) is 11.1 Å². The average Bonchev–Trinajstić information content (AvgIpc) is 2.83. The van der Waals surface area contributed by atoms with Crippen LogP contribution in [0.4, 0.5) is 0 Å². The van der Waals surface area contributed by atoms with E-state index in [1.807, 2.05) is 12.1 Å². The number of hydrogen-bond acceptors (Lipinski definition) is 1. The van der Waals surface area contributed by atoms with Crippen LogP contribution in [0.1, 0.15) is 49.3 Å². The van der Waals surface area contributed by atoms with Gasteiger partial charge in [-0.15, -0.1) is 6.58 Å². The van der Waals surface area contributed by atoms with Crippen molar-refractivity contribution in [3.8, 4) is 0 Å². The van der Waals surface area contributed by atoms with Crippen molar-refractivity contribution >= 4 is 17.2 Å². The van der Waals surface area contributed by atoms with Crippen molar-refractivity contribution in [1.29, 1.82) is 0 Å². The SMILES string of the molecule is C=CC(C)(C)c1[nH]c2cc(CC=C(C)C)ccc2c1C=O. The van der Waals surface area contributed by atoms with Crippen molar-refractivity contribution in [2.24, 2.45) is 0 Å². The van der Waals surface area contributed by atoms with Crippen LogP contribution in [0.25, 0.3) is 10.9 Å². The summed E-state index contributed by atoms with van der Waals surface area (Å²) >= 11 is 0. The lowest BCUT2D eigenvalue weighted by molar-refractivity contribution is 0.112. The van der Waals surface area contributed by atoms with Gasteiger partial charge < -0.3 is 4.98 Å². The Morgan fingerprint density at radius 1 is 1.33 bits per heavy atom. The second-order valence-corrected chi connectivity index (χ2v) is 6.32. The quantitative estimate of drug-likeness (QED) is 0.610. The second-order valence-electron chi connectivity index (χ2n) is 6.32. The molecule has 1 N–H and O–H groups in total. The summed E-state index contributed by atoms with van der Waals surface area (Å²) in [5, 5.41) is 0.982. The van der Waals surface area contributed by atoms with Gasteiger partial charge in [0.05, 0.1) is 0 Å². The van der Waals surface area contributed by atoms with Gasteiger partial charge in [-0.3, -0.25) is 4.79 Å². The fraction of sp³-hybridized carbons (Fsp3) is 0.316. The van der Waals surface area contributed by atoms with Gasteiger partial charge in [-0.2, -0.15) is 0 Å². The first-order valence-corrected chi connectivity index (χ1v) is 7.26. The molecule has 1 aromatic heterocycles. The second kappa shape index (κ2) is 5.72. The van der Waals surface area contributed by atoms with Crippen molar-refractivity contribution in [2.45, 2.75) is 39.5 Å². The molecular weight excluding hydrogens is 258 g/mol. The number of fused-ring (bicyclic) bond motifs is 1. The smallest absolute Gasteiger partial charge is 0.152 e. The molecule has 2 rings (SSSR count). The van der Waals surface area contributed by atoms with Crippen LogP contribution in [0.2, 0.25) is 0 Å². The number of carbonyl (C=O) groups excluding carboxylic acids is 1. The number of aromatic amines is 1. The van der Waals surface area contributed by atoms with E-state index in [-0.39, 0.29) is 5.41 Å². The van der Waals surface area contributed by atoms with E-state index in [2.05, 4.69) is 57.5 Å². The zero-order valence-corrected chi connectivity index (χ0v) is 13.3. The van der Waals surface area contributed by atoms with E-state index in [9.17, 15) is 4.79 Å². The zero-order valence-electron chi connectivity index (χ0n) is 13.3. The van der Waals surface area contributed by atoms with Gasteiger partial charge in [0.2, 0.25) is 0 Å². The molecule has 0 saturated carbocycles. The minimum atomic E-state index is -0.255. The van der Waals surface area contributed by atoms with E-state index >= 15 is 0 Å². The molecular formula is C19H23NO. The van der Waals surface area contributed by atoms with Crippen LogP contribution in [0.5, 0.6) is 0 Å². The highest BCUT2D eigenvalue weighted by atomic mass is 16.1. The Balaban J connectivity index is 2.57. The fourth-order valence-corrected chi connectivity index (χ4v) is 2.45. The molecule has 0 amide bonds. The molecule has 0 radical (unpaired) electrons. The molecule has 2 nitrogen and oxygen atoms in total. The largest absolute Gasteiger partial charge is 0.357 e. The van der Waals surface area contributed by atoms with Crippen LogP contribution in [-0.2, 0) is 11.8 Å². The maximum absolute atomic E-state index is 11.5. The highest BCUT2D eigenvalue weighted by Gasteiger charge is 2.23. The lowest BCUT2D eigenvalue weighted by Crippen LogP contribution is -2.15. The summed E-state index contributed by atoms with van der Waals surface area (Å²) in [5.41, 5.74) is 4.98. The van der Waals surface area contributed by atoms with E-state index in [4.69, 9.17) is 0 Å². The Hall–Kier alpha value is -2.09. The predicted molar refractivity (Wildman–Crippen MR) is 90.0 cm³/mol. The first-order valence-electron chi connectivity index (χ1n) is 7.26. The summed E-state index contributed by atoms with van der Waals surface area (Å²) in [6.07, 6.45) is 5.93. The lowest BCUT2D eigenvalue weighted by Gasteiger charge is -2.19. The summed E-state index contributed by atoms with van der Waals surface area (Å²) in [6, 6.07) is 6.25. The predicted octanol–water partition coefficient (Wildman–Crippen LogP) is 4.95. The molecule has 0 fully saturated rings. The molecule has 1 heterocycles. The van der Waals surface area contributed by atoms with Crippen LogP contribution in [-0.4, -0.2) is 11.3 Å². The third-order valence-electron chi connectivity index (χ3n) is 3.92. The van der Waals surface area contributed by atoms with Crippen LogP contribution in [0.15, 0.2) is 42.5 Å². The van der Waals surface area contributed by atoms with Gasteiger partial charge in [0.15, 0.2) is 6.29 Å². The molecule has 2 heteroatoms. The monoisotopic (exact) mass is 281 g/mol. The number of aldehydes is 1. The molecule has 0 aliphatic carbocycles. The van der Waals surface area contributed by atoms with Gasteiger partial charge in [-0.25, -0.2) is 0 Å². The van der Waals surface area contributed by atoms with E-state index < -0.39 is 0 Å². The molecule has 0 atom stereocenters. The lowest BCUT2D eigenvalue weighted by atomic mass is 9.87. The van der Waals surface area contributed by atoms with Gasteiger partial charge in [-0.05, 0) is 31.9 Å². The van der Waals surface area contributed by atoms with Crippen LogP contribution in [0, 0.1) is 0 Å². The summed E-state index contributed by atoms with van der Waals surface area (Å²) in [4.78, 5) is 14.9. The minimum absolute atomic E-state index is 0.255. The topological polar surface area (TPSA) is 32.9 Å². The van der Waals surface area contributed by atoms with Gasteiger partial charge in [0.25, 0.3) is 0 Å². The Kier molecular flexibility index (Phi) is 4.17. The van der Waals surface area contributed by atoms with Gasteiger partial charge in [-0.1, -0.05) is 43.7 Å². The summed E-state index contributed by atoms with van der Waals surface area (Å²) < 4.78 is 0. The molecule has 0 bridgehead atoms. The van der Waals surface area contributed by atoms with Crippen LogP contribution < -0.4 is 0 Å². The summed E-state index contributed by atoms with van der Waals surface area (Å²) in [6.45, 7) is 12.2. The molecule has 2 aromatic rings. The highest BCUT2D eigenvalue weighted by molar-refractivity contribution is 5.99. The van der Waals surface area contributed by atoms with Crippen molar-refractivity contribution in [3.05, 3.63) is 59.3 Å². The van der Waals surface area contributed by atoms with Crippen LogP contribution >= 0.6 is 0 Å². The number of carbonyl (C=O) groups is 1. The van der Waals surface area contributed by atoms with E-state index in [1.54, 1.807) is 0 Å².